The van der Waals surface area contributed by atoms with Crippen molar-refractivity contribution in [3.8, 4) is 0 Å². The summed E-state index contributed by atoms with van der Waals surface area (Å²) in [6, 6.07) is 0. The Kier molecular flexibility index (Phi) is 1.30. The lowest BCUT2D eigenvalue weighted by atomic mass is 10.0. The van der Waals surface area contributed by atoms with Crippen molar-refractivity contribution in [3.63, 3.8) is 0 Å². The lowest BCUT2D eigenvalue weighted by molar-refractivity contribution is 0.139. The van der Waals surface area contributed by atoms with Crippen molar-refractivity contribution < 1.29 is 8.78 Å². The van der Waals surface area contributed by atoms with Crippen LogP contribution in [0.2, 0.25) is 0 Å². The molecule has 2 unspecified atom stereocenters. The first-order chi connectivity index (χ1) is 3.91. The van der Waals surface area contributed by atoms with Gasteiger partial charge in [0.15, 0.2) is 0 Å². The van der Waals surface area contributed by atoms with E-state index in [0.717, 1.165) is 0 Å². The van der Waals surface area contributed by atoms with Crippen LogP contribution >= 0.6 is 0 Å². The van der Waals surface area contributed by atoms with Crippen molar-refractivity contribution in [2.75, 3.05) is 0 Å². The average Bonchev–Trinajstić information content (AvgIpc) is 1.78. The molecule has 0 saturated heterocycles. The molecule has 1 aliphatic rings. The zero-order chi connectivity index (χ0) is 7.12. The Balaban J connectivity index is 2.58. The Morgan fingerprint density at radius 2 is 1.33 bits per heavy atom. The highest BCUT2D eigenvalue weighted by Gasteiger charge is 2.43. The molecule has 54 valence electrons. The number of halogens is 2. The second-order valence-electron chi connectivity index (χ2n) is 3.50. The van der Waals surface area contributed by atoms with Crippen molar-refractivity contribution in [2.45, 2.75) is 44.4 Å². The molecule has 0 bridgehead atoms. The fourth-order valence-electron chi connectivity index (χ4n) is 1.47. The minimum absolute atomic E-state index is 0.0694. The highest BCUT2D eigenvalue weighted by Crippen LogP contribution is 2.42. The normalized spacial score (nSPS) is 52.0. The predicted molar refractivity (Wildman–Crippen MR) is 32.9 cm³/mol. The van der Waals surface area contributed by atoms with E-state index in [2.05, 4.69) is 0 Å². The fourth-order valence-corrected chi connectivity index (χ4v) is 1.47. The van der Waals surface area contributed by atoms with E-state index in [4.69, 9.17) is 0 Å². The van der Waals surface area contributed by atoms with Gasteiger partial charge in [-0.15, -0.1) is 0 Å². The summed E-state index contributed by atoms with van der Waals surface area (Å²) in [6.45, 7) is 2.94. The third-order valence-corrected chi connectivity index (χ3v) is 1.90. The first-order valence-electron chi connectivity index (χ1n) is 3.29. The minimum atomic E-state index is -1.25. The van der Waals surface area contributed by atoms with E-state index in [1.165, 1.54) is 13.8 Å². The highest BCUT2D eigenvalue weighted by atomic mass is 19.2. The van der Waals surface area contributed by atoms with E-state index in [9.17, 15) is 8.78 Å². The Labute approximate surface area is 54.3 Å². The largest absolute Gasteiger partial charge is 0.244 e. The Hall–Kier alpha value is -0.140. The van der Waals surface area contributed by atoms with Crippen molar-refractivity contribution in [3.05, 3.63) is 0 Å². The van der Waals surface area contributed by atoms with Crippen LogP contribution in [0.1, 0.15) is 33.1 Å². The summed E-state index contributed by atoms with van der Waals surface area (Å²) in [5.41, 5.74) is -2.49. The molecule has 0 aromatic carbocycles. The molecular weight excluding hydrogens is 122 g/mol. The molecule has 1 aliphatic carbocycles. The molecule has 0 amide bonds. The molecule has 0 aromatic heterocycles. The van der Waals surface area contributed by atoms with Crippen LogP contribution in [-0.4, -0.2) is 11.3 Å². The van der Waals surface area contributed by atoms with Crippen molar-refractivity contribution in [2.24, 2.45) is 0 Å². The standard InChI is InChI=1S/C7H12F2/c1-6(8)3-4-7(2,9)5-6/h3-5H2,1-2H3. The topological polar surface area (TPSA) is 0 Å². The summed E-state index contributed by atoms with van der Waals surface area (Å²) in [4.78, 5) is 0. The maximum atomic E-state index is 12.9. The molecule has 0 N–H and O–H groups in total. The van der Waals surface area contributed by atoms with Gasteiger partial charge in [0, 0.05) is 6.42 Å². The van der Waals surface area contributed by atoms with Crippen LogP contribution in [0.3, 0.4) is 0 Å². The molecule has 1 saturated carbocycles. The molecule has 9 heavy (non-hydrogen) atoms. The summed E-state index contributed by atoms with van der Waals surface area (Å²) in [5.74, 6) is 0. The van der Waals surface area contributed by atoms with Crippen LogP contribution in [-0.2, 0) is 0 Å². The molecule has 1 fully saturated rings. The van der Waals surface area contributed by atoms with Crippen LogP contribution in [0.4, 0.5) is 8.78 Å². The Bertz CT molecular complexity index is 102. The first kappa shape index (κ1) is 6.97. The predicted octanol–water partition coefficient (Wildman–Crippen LogP) is 2.63. The smallest absolute Gasteiger partial charge is 0.111 e. The minimum Gasteiger partial charge on any atom is -0.244 e. The van der Waals surface area contributed by atoms with Gasteiger partial charge in [-0.05, 0) is 26.7 Å². The quantitative estimate of drug-likeness (QED) is 0.477. The van der Waals surface area contributed by atoms with Gasteiger partial charge in [0.05, 0.1) is 0 Å². The summed E-state index contributed by atoms with van der Waals surface area (Å²) in [5, 5.41) is 0. The van der Waals surface area contributed by atoms with Gasteiger partial charge in [0.1, 0.15) is 11.3 Å². The zero-order valence-corrected chi connectivity index (χ0v) is 5.88. The number of hydrogen-bond donors (Lipinski definition) is 0. The molecule has 2 heteroatoms. The van der Waals surface area contributed by atoms with Gasteiger partial charge in [-0.3, -0.25) is 0 Å². The summed E-state index contributed by atoms with van der Waals surface area (Å²) in [6.07, 6.45) is 0.819. The molecule has 0 aromatic rings. The molecule has 0 heterocycles. The molecule has 0 radical (unpaired) electrons. The van der Waals surface area contributed by atoms with Crippen LogP contribution in [0, 0.1) is 0 Å². The highest BCUT2D eigenvalue weighted by molar-refractivity contribution is 4.93. The maximum Gasteiger partial charge on any atom is 0.111 e. The van der Waals surface area contributed by atoms with Gasteiger partial charge in [-0.1, -0.05) is 0 Å². The fraction of sp³-hybridized carbons (Fsp3) is 1.00. The van der Waals surface area contributed by atoms with Crippen molar-refractivity contribution in [1.29, 1.82) is 0 Å². The van der Waals surface area contributed by atoms with E-state index in [1.807, 2.05) is 0 Å². The van der Waals surface area contributed by atoms with E-state index in [0.29, 0.717) is 12.8 Å². The third kappa shape index (κ3) is 1.63. The van der Waals surface area contributed by atoms with Gasteiger partial charge in [-0.25, -0.2) is 8.78 Å². The summed E-state index contributed by atoms with van der Waals surface area (Å²) < 4.78 is 25.7. The van der Waals surface area contributed by atoms with Gasteiger partial charge >= 0.3 is 0 Å². The van der Waals surface area contributed by atoms with Gasteiger partial charge < -0.3 is 0 Å². The Morgan fingerprint density at radius 3 is 1.44 bits per heavy atom. The third-order valence-electron chi connectivity index (χ3n) is 1.90. The maximum absolute atomic E-state index is 12.9. The molecule has 2 atom stereocenters. The molecule has 0 aliphatic heterocycles. The SMILES string of the molecule is CC1(F)CCC(C)(F)C1. The molecule has 0 spiro atoms. The van der Waals surface area contributed by atoms with Gasteiger partial charge in [0.2, 0.25) is 0 Å². The van der Waals surface area contributed by atoms with Crippen molar-refractivity contribution >= 4 is 0 Å². The van der Waals surface area contributed by atoms with E-state index in [1.54, 1.807) is 0 Å². The lowest BCUT2D eigenvalue weighted by Crippen LogP contribution is -2.18. The second kappa shape index (κ2) is 1.68. The van der Waals surface area contributed by atoms with Crippen LogP contribution in [0.5, 0.6) is 0 Å². The second-order valence-corrected chi connectivity index (χ2v) is 3.50. The first-order valence-corrected chi connectivity index (χ1v) is 3.29. The monoisotopic (exact) mass is 134 g/mol. The van der Waals surface area contributed by atoms with E-state index in [-0.39, 0.29) is 6.42 Å². The molecule has 0 nitrogen and oxygen atoms in total. The number of alkyl halides is 2. The summed E-state index contributed by atoms with van der Waals surface area (Å²) >= 11 is 0. The van der Waals surface area contributed by atoms with Crippen LogP contribution in [0.25, 0.3) is 0 Å². The molecule has 1 rings (SSSR count). The average molecular weight is 134 g/mol. The van der Waals surface area contributed by atoms with Crippen LogP contribution < -0.4 is 0 Å². The Morgan fingerprint density at radius 1 is 1.00 bits per heavy atom. The zero-order valence-electron chi connectivity index (χ0n) is 5.88. The number of rotatable bonds is 0. The van der Waals surface area contributed by atoms with E-state index >= 15 is 0 Å². The van der Waals surface area contributed by atoms with Crippen LogP contribution in [0.15, 0.2) is 0 Å². The lowest BCUT2D eigenvalue weighted by Gasteiger charge is -2.14. The number of hydrogen-bond acceptors (Lipinski definition) is 0. The molecular formula is C7H12F2. The van der Waals surface area contributed by atoms with Gasteiger partial charge in [0.25, 0.3) is 0 Å². The summed E-state index contributed by atoms with van der Waals surface area (Å²) in [7, 11) is 0. The van der Waals surface area contributed by atoms with Crippen molar-refractivity contribution in [1.82, 2.24) is 0 Å². The van der Waals surface area contributed by atoms with E-state index < -0.39 is 11.3 Å². The van der Waals surface area contributed by atoms with Gasteiger partial charge in [-0.2, -0.15) is 0 Å².